The molecule has 1 aliphatic carbocycles. The Hall–Kier alpha value is -0.770. The predicted molar refractivity (Wildman–Crippen MR) is 81.6 cm³/mol. The summed E-state index contributed by atoms with van der Waals surface area (Å²) >= 11 is 0. The van der Waals surface area contributed by atoms with E-state index in [2.05, 4.69) is 36.3 Å². The lowest BCUT2D eigenvalue weighted by Crippen LogP contribution is -2.46. The molecule has 4 heteroatoms. The Balaban J connectivity index is 1.82. The summed E-state index contributed by atoms with van der Waals surface area (Å²) in [5, 5.41) is 6.83. The van der Waals surface area contributed by atoms with Crippen molar-refractivity contribution in [3.05, 3.63) is 0 Å². The number of nitrogens with one attached hydrogen (secondary N) is 2. The highest BCUT2D eigenvalue weighted by Gasteiger charge is 2.24. The van der Waals surface area contributed by atoms with E-state index in [4.69, 9.17) is 4.99 Å². The van der Waals surface area contributed by atoms with Crippen LogP contribution in [0.25, 0.3) is 0 Å². The van der Waals surface area contributed by atoms with Crippen molar-refractivity contribution in [2.75, 3.05) is 19.6 Å². The molecule has 2 rings (SSSR count). The molecule has 0 amide bonds. The maximum Gasteiger partial charge on any atom is 0.191 e. The maximum atomic E-state index is 4.76. The third-order valence-electron chi connectivity index (χ3n) is 4.20. The van der Waals surface area contributed by atoms with Gasteiger partial charge < -0.3 is 10.6 Å². The lowest BCUT2D eigenvalue weighted by Gasteiger charge is -2.37. The molecule has 0 spiro atoms. The number of hydrogen-bond acceptors (Lipinski definition) is 2. The Morgan fingerprint density at radius 3 is 2.74 bits per heavy atom. The van der Waals surface area contributed by atoms with Gasteiger partial charge in [0.05, 0.1) is 6.54 Å². The third kappa shape index (κ3) is 4.68. The van der Waals surface area contributed by atoms with Gasteiger partial charge in [-0.2, -0.15) is 0 Å². The lowest BCUT2D eigenvalue weighted by molar-refractivity contribution is 0.118. The minimum absolute atomic E-state index is 0.546. The van der Waals surface area contributed by atoms with Gasteiger partial charge in [0, 0.05) is 24.7 Å². The molecule has 0 aromatic heterocycles. The van der Waals surface area contributed by atoms with Crippen molar-refractivity contribution in [1.82, 2.24) is 15.5 Å². The summed E-state index contributed by atoms with van der Waals surface area (Å²) in [5.74, 6) is 1.00. The van der Waals surface area contributed by atoms with E-state index in [1.54, 1.807) is 0 Å². The van der Waals surface area contributed by atoms with E-state index < -0.39 is 0 Å². The van der Waals surface area contributed by atoms with Gasteiger partial charge in [-0.05, 0) is 53.0 Å². The van der Waals surface area contributed by atoms with Crippen LogP contribution in [0.1, 0.15) is 52.9 Å². The fraction of sp³-hybridized carbons (Fsp3) is 0.933. The van der Waals surface area contributed by atoms with Crippen LogP contribution in [-0.4, -0.2) is 48.6 Å². The Kier molecular flexibility index (Phi) is 5.49. The Morgan fingerprint density at radius 2 is 2.11 bits per heavy atom. The summed E-state index contributed by atoms with van der Waals surface area (Å²) in [4.78, 5) is 7.37. The van der Waals surface area contributed by atoms with Gasteiger partial charge in [0.25, 0.3) is 0 Å². The zero-order valence-electron chi connectivity index (χ0n) is 12.8. The molecule has 2 atom stereocenters. The quantitative estimate of drug-likeness (QED) is 0.590. The predicted octanol–water partition coefficient (Wildman–Crippen LogP) is 1.97. The van der Waals surface area contributed by atoms with Crippen molar-refractivity contribution < 1.29 is 0 Å². The van der Waals surface area contributed by atoms with Crippen LogP contribution < -0.4 is 10.6 Å². The molecule has 1 saturated carbocycles. The topological polar surface area (TPSA) is 39.7 Å². The van der Waals surface area contributed by atoms with Crippen LogP contribution in [0.15, 0.2) is 4.99 Å². The molecule has 2 fully saturated rings. The van der Waals surface area contributed by atoms with Gasteiger partial charge in [-0.25, -0.2) is 0 Å². The smallest absolute Gasteiger partial charge is 0.191 e. The van der Waals surface area contributed by atoms with Crippen LogP contribution in [0.2, 0.25) is 0 Å². The Bertz CT molecular complexity index is 299. The van der Waals surface area contributed by atoms with Crippen LogP contribution in [0.3, 0.4) is 0 Å². The van der Waals surface area contributed by atoms with Crippen LogP contribution in [0.4, 0.5) is 0 Å². The van der Waals surface area contributed by atoms with Crippen LogP contribution in [-0.2, 0) is 0 Å². The SMILES string of the molecule is CCNC(=NCC(C)N1CCCCC1C)NC1CC1. The van der Waals surface area contributed by atoms with Crippen LogP contribution >= 0.6 is 0 Å². The zero-order chi connectivity index (χ0) is 13.7. The second-order valence-corrected chi connectivity index (χ2v) is 6.07. The van der Waals surface area contributed by atoms with Gasteiger partial charge in [-0.3, -0.25) is 9.89 Å². The molecule has 1 aliphatic heterocycles. The molecule has 0 aromatic rings. The summed E-state index contributed by atoms with van der Waals surface area (Å²) < 4.78 is 0. The van der Waals surface area contributed by atoms with Gasteiger partial charge in [-0.15, -0.1) is 0 Å². The Morgan fingerprint density at radius 1 is 1.32 bits per heavy atom. The number of aliphatic imine (C=N–C) groups is 1. The first-order valence-corrected chi connectivity index (χ1v) is 8.01. The van der Waals surface area contributed by atoms with E-state index in [0.29, 0.717) is 12.1 Å². The van der Waals surface area contributed by atoms with E-state index in [-0.39, 0.29) is 0 Å². The van der Waals surface area contributed by atoms with Gasteiger partial charge >= 0.3 is 0 Å². The fourth-order valence-corrected chi connectivity index (χ4v) is 2.84. The normalized spacial score (nSPS) is 27.1. The molecular weight excluding hydrogens is 236 g/mol. The number of likely N-dealkylation sites (tertiary alicyclic amines) is 1. The second kappa shape index (κ2) is 7.13. The van der Waals surface area contributed by atoms with Gasteiger partial charge in [0.15, 0.2) is 5.96 Å². The summed E-state index contributed by atoms with van der Waals surface area (Å²) in [6.45, 7) is 9.86. The van der Waals surface area contributed by atoms with Crippen LogP contribution in [0.5, 0.6) is 0 Å². The minimum atomic E-state index is 0.546. The van der Waals surface area contributed by atoms with E-state index in [1.165, 1.54) is 38.6 Å². The average molecular weight is 266 g/mol. The zero-order valence-corrected chi connectivity index (χ0v) is 12.8. The standard InChI is InChI=1S/C15H30N4/c1-4-16-15(18-14-8-9-14)17-11-13(3)19-10-6-5-7-12(19)2/h12-14H,4-11H2,1-3H3,(H2,16,17,18). The molecule has 2 unspecified atom stereocenters. The first-order valence-electron chi connectivity index (χ1n) is 8.01. The molecule has 0 radical (unpaired) electrons. The lowest BCUT2D eigenvalue weighted by atomic mass is 10.0. The summed E-state index contributed by atoms with van der Waals surface area (Å²) in [5.41, 5.74) is 0. The Labute approximate surface area is 118 Å². The molecular formula is C15H30N4. The minimum Gasteiger partial charge on any atom is -0.357 e. The highest BCUT2D eigenvalue weighted by atomic mass is 15.2. The van der Waals surface area contributed by atoms with Crippen molar-refractivity contribution in [3.63, 3.8) is 0 Å². The summed E-state index contributed by atoms with van der Waals surface area (Å²) in [7, 11) is 0. The maximum absolute atomic E-state index is 4.76. The van der Waals surface area contributed by atoms with Crippen molar-refractivity contribution in [3.8, 4) is 0 Å². The van der Waals surface area contributed by atoms with E-state index in [9.17, 15) is 0 Å². The molecule has 19 heavy (non-hydrogen) atoms. The highest BCUT2D eigenvalue weighted by Crippen LogP contribution is 2.20. The highest BCUT2D eigenvalue weighted by molar-refractivity contribution is 5.80. The monoisotopic (exact) mass is 266 g/mol. The largest absolute Gasteiger partial charge is 0.357 e. The number of guanidine groups is 1. The van der Waals surface area contributed by atoms with Crippen molar-refractivity contribution in [1.29, 1.82) is 0 Å². The third-order valence-corrected chi connectivity index (χ3v) is 4.20. The van der Waals surface area contributed by atoms with Crippen molar-refractivity contribution in [2.24, 2.45) is 4.99 Å². The van der Waals surface area contributed by atoms with Crippen LogP contribution in [0, 0.1) is 0 Å². The van der Waals surface area contributed by atoms with Crippen molar-refractivity contribution in [2.45, 2.75) is 71.0 Å². The summed E-state index contributed by atoms with van der Waals surface area (Å²) in [6.07, 6.45) is 6.67. The molecule has 0 bridgehead atoms. The molecule has 2 N–H and O–H groups in total. The van der Waals surface area contributed by atoms with Gasteiger partial charge in [-0.1, -0.05) is 6.42 Å². The number of rotatable bonds is 5. The number of piperidine rings is 1. The molecule has 110 valence electrons. The molecule has 2 aliphatic rings. The van der Waals surface area contributed by atoms with Crippen molar-refractivity contribution >= 4 is 5.96 Å². The number of nitrogens with zero attached hydrogens (tertiary/aromatic N) is 2. The molecule has 0 aromatic carbocycles. The average Bonchev–Trinajstić information content (AvgIpc) is 3.20. The number of hydrogen-bond donors (Lipinski definition) is 2. The van der Waals surface area contributed by atoms with E-state index in [1.807, 2.05) is 0 Å². The first kappa shape index (κ1) is 14.6. The van der Waals surface area contributed by atoms with Gasteiger partial charge in [0.2, 0.25) is 0 Å². The first-order chi connectivity index (χ1) is 9.20. The molecule has 1 heterocycles. The second-order valence-electron chi connectivity index (χ2n) is 6.07. The molecule has 1 saturated heterocycles. The summed E-state index contributed by atoms with van der Waals surface area (Å²) in [6, 6.07) is 1.94. The van der Waals surface area contributed by atoms with E-state index in [0.717, 1.165) is 25.1 Å². The fourth-order valence-electron chi connectivity index (χ4n) is 2.84. The van der Waals surface area contributed by atoms with Gasteiger partial charge in [0.1, 0.15) is 0 Å². The van der Waals surface area contributed by atoms with E-state index >= 15 is 0 Å². The molecule has 4 nitrogen and oxygen atoms in total.